The Labute approximate surface area is 107 Å². The van der Waals surface area contributed by atoms with Gasteiger partial charge in [0.15, 0.2) is 0 Å². The number of benzene rings is 1. The lowest BCUT2D eigenvalue weighted by atomic mass is 10.2. The molecule has 1 heterocycles. The summed E-state index contributed by atoms with van der Waals surface area (Å²) in [4.78, 5) is 6.01. The van der Waals surface area contributed by atoms with Crippen LogP contribution in [0.15, 0.2) is 53.0 Å². The van der Waals surface area contributed by atoms with Gasteiger partial charge < -0.3 is 4.90 Å². The third-order valence-electron chi connectivity index (χ3n) is 2.63. The van der Waals surface area contributed by atoms with Gasteiger partial charge in [-0.25, -0.2) is 0 Å². The highest BCUT2D eigenvalue weighted by atomic mass is 15.1. The van der Waals surface area contributed by atoms with E-state index in [2.05, 4.69) is 26.2 Å². The van der Waals surface area contributed by atoms with E-state index in [4.69, 9.17) is 0 Å². The van der Waals surface area contributed by atoms with Crippen molar-refractivity contribution in [1.82, 2.24) is 4.98 Å². The van der Waals surface area contributed by atoms with Crippen molar-refractivity contribution in [2.45, 2.75) is 6.92 Å². The van der Waals surface area contributed by atoms with Gasteiger partial charge in [0, 0.05) is 32.2 Å². The summed E-state index contributed by atoms with van der Waals surface area (Å²) in [6.45, 7) is 2.04. The molecule has 0 fully saturated rings. The zero-order chi connectivity index (χ0) is 13.0. The lowest BCUT2D eigenvalue weighted by Gasteiger charge is -2.13. The largest absolute Gasteiger partial charge is 0.378 e. The summed E-state index contributed by atoms with van der Waals surface area (Å²) >= 11 is 0. The van der Waals surface area contributed by atoms with Crippen LogP contribution in [0.2, 0.25) is 0 Å². The van der Waals surface area contributed by atoms with Gasteiger partial charge in [-0.3, -0.25) is 4.98 Å². The number of nitrogens with zero attached hydrogens (tertiary/aromatic N) is 4. The van der Waals surface area contributed by atoms with Crippen LogP contribution in [0, 0.1) is 6.92 Å². The van der Waals surface area contributed by atoms with Crippen LogP contribution in [0.4, 0.5) is 17.1 Å². The van der Waals surface area contributed by atoms with E-state index in [0.717, 1.165) is 22.6 Å². The molecule has 0 atom stereocenters. The monoisotopic (exact) mass is 240 g/mol. The standard InChI is InChI=1S/C14H16N4/c1-11-10-13(18(2)3)4-5-14(11)17-16-12-6-8-15-9-7-12/h4-10H,1-3H3/b17-16+. The first kappa shape index (κ1) is 12.2. The summed E-state index contributed by atoms with van der Waals surface area (Å²) in [7, 11) is 4.04. The maximum absolute atomic E-state index is 4.26. The molecule has 0 saturated carbocycles. The first-order valence-electron chi connectivity index (χ1n) is 5.76. The highest BCUT2D eigenvalue weighted by molar-refractivity contribution is 5.57. The minimum atomic E-state index is 0.807. The topological polar surface area (TPSA) is 40.9 Å². The maximum Gasteiger partial charge on any atom is 0.0887 e. The predicted molar refractivity (Wildman–Crippen MR) is 73.9 cm³/mol. The van der Waals surface area contributed by atoms with Crippen LogP contribution in [0.1, 0.15) is 5.56 Å². The second kappa shape index (κ2) is 5.40. The minimum absolute atomic E-state index is 0.807. The van der Waals surface area contributed by atoms with Crippen LogP contribution < -0.4 is 4.90 Å². The molecular weight excluding hydrogens is 224 g/mol. The highest BCUT2D eigenvalue weighted by Crippen LogP contribution is 2.25. The van der Waals surface area contributed by atoms with Crippen LogP contribution in [0.5, 0.6) is 0 Å². The zero-order valence-corrected chi connectivity index (χ0v) is 10.8. The van der Waals surface area contributed by atoms with Crippen LogP contribution in [-0.4, -0.2) is 19.1 Å². The number of rotatable bonds is 3. The molecule has 1 aromatic heterocycles. The summed E-state index contributed by atoms with van der Waals surface area (Å²) in [6, 6.07) is 9.77. The van der Waals surface area contributed by atoms with Crippen molar-refractivity contribution in [1.29, 1.82) is 0 Å². The Balaban J connectivity index is 2.22. The number of hydrogen-bond donors (Lipinski definition) is 0. The van der Waals surface area contributed by atoms with Gasteiger partial charge >= 0.3 is 0 Å². The van der Waals surface area contributed by atoms with E-state index in [1.807, 2.05) is 45.3 Å². The highest BCUT2D eigenvalue weighted by Gasteiger charge is 2.00. The molecule has 0 N–H and O–H groups in total. The maximum atomic E-state index is 4.26. The van der Waals surface area contributed by atoms with Gasteiger partial charge in [0.05, 0.1) is 11.4 Å². The van der Waals surface area contributed by atoms with E-state index in [1.54, 1.807) is 12.4 Å². The number of aryl methyl sites for hydroxylation is 1. The molecule has 0 bridgehead atoms. The molecule has 4 nitrogen and oxygen atoms in total. The zero-order valence-electron chi connectivity index (χ0n) is 10.8. The molecule has 92 valence electrons. The summed E-state index contributed by atoms with van der Waals surface area (Å²) in [5.74, 6) is 0. The first-order valence-corrected chi connectivity index (χ1v) is 5.76. The molecule has 0 spiro atoms. The van der Waals surface area contributed by atoms with E-state index in [1.165, 1.54) is 0 Å². The first-order chi connectivity index (χ1) is 8.66. The van der Waals surface area contributed by atoms with Crippen LogP contribution in [0.25, 0.3) is 0 Å². The van der Waals surface area contributed by atoms with Crippen molar-refractivity contribution < 1.29 is 0 Å². The van der Waals surface area contributed by atoms with Gasteiger partial charge in [0.1, 0.15) is 0 Å². The molecule has 18 heavy (non-hydrogen) atoms. The summed E-state index contributed by atoms with van der Waals surface area (Å²) in [5, 5.41) is 8.44. The molecule has 0 amide bonds. The van der Waals surface area contributed by atoms with Gasteiger partial charge in [-0.2, -0.15) is 10.2 Å². The summed E-state index contributed by atoms with van der Waals surface area (Å²) < 4.78 is 0. The number of hydrogen-bond acceptors (Lipinski definition) is 4. The van der Waals surface area contributed by atoms with Gasteiger partial charge in [-0.1, -0.05) is 0 Å². The van der Waals surface area contributed by atoms with E-state index in [9.17, 15) is 0 Å². The van der Waals surface area contributed by atoms with Crippen molar-refractivity contribution in [3.8, 4) is 0 Å². The molecule has 0 saturated heterocycles. The Morgan fingerprint density at radius 1 is 1.00 bits per heavy atom. The molecule has 0 radical (unpaired) electrons. The van der Waals surface area contributed by atoms with Crippen molar-refractivity contribution in [3.05, 3.63) is 48.3 Å². The third kappa shape index (κ3) is 2.91. The Hall–Kier alpha value is -2.23. The van der Waals surface area contributed by atoms with Gasteiger partial charge in [0.2, 0.25) is 0 Å². The SMILES string of the molecule is Cc1cc(N(C)C)ccc1/N=N/c1ccncc1. The molecular formula is C14H16N4. The van der Waals surface area contributed by atoms with Gasteiger partial charge in [-0.05, 0) is 42.8 Å². The molecule has 1 aromatic carbocycles. The minimum Gasteiger partial charge on any atom is -0.378 e. The van der Waals surface area contributed by atoms with Crippen LogP contribution in [0.3, 0.4) is 0 Å². The van der Waals surface area contributed by atoms with Crippen molar-refractivity contribution in [3.63, 3.8) is 0 Å². The Bertz CT molecular complexity index is 547. The molecule has 0 aliphatic heterocycles. The number of pyridine rings is 1. The molecule has 2 aromatic rings. The average molecular weight is 240 g/mol. The fourth-order valence-corrected chi connectivity index (χ4v) is 1.55. The van der Waals surface area contributed by atoms with Crippen molar-refractivity contribution in [2.24, 2.45) is 10.2 Å². The summed E-state index contributed by atoms with van der Waals surface area (Å²) in [5.41, 5.74) is 3.97. The predicted octanol–water partition coefficient (Wildman–Crippen LogP) is 3.87. The fraction of sp³-hybridized carbons (Fsp3) is 0.214. The molecule has 0 aliphatic carbocycles. The Morgan fingerprint density at radius 3 is 2.33 bits per heavy atom. The van der Waals surface area contributed by atoms with Crippen molar-refractivity contribution in [2.75, 3.05) is 19.0 Å². The van der Waals surface area contributed by atoms with Crippen LogP contribution >= 0.6 is 0 Å². The molecule has 0 unspecified atom stereocenters. The van der Waals surface area contributed by atoms with Crippen molar-refractivity contribution >= 4 is 17.1 Å². The van der Waals surface area contributed by atoms with E-state index >= 15 is 0 Å². The molecule has 4 heteroatoms. The van der Waals surface area contributed by atoms with Gasteiger partial charge in [0.25, 0.3) is 0 Å². The Kier molecular flexibility index (Phi) is 3.67. The van der Waals surface area contributed by atoms with Crippen LogP contribution in [-0.2, 0) is 0 Å². The average Bonchev–Trinajstić information content (AvgIpc) is 2.38. The number of aromatic nitrogens is 1. The molecule has 0 aliphatic rings. The number of azo groups is 1. The quantitative estimate of drug-likeness (QED) is 0.764. The second-order valence-corrected chi connectivity index (χ2v) is 4.27. The Morgan fingerprint density at radius 2 is 1.72 bits per heavy atom. The normalized spacial score (nSPS) is 10.8. The second-order valence-electron chi connectivity index (χ2n) is 4.27. The lowest BCUT2D eigenvalue weighted by molar-refractivity contribution is 1.12. The third-order valence-corrected chi connectivity index (χ3v) is 2.63. The molecule has 2 rings (SSSR count). The smallest absolute Gasteiger partial charge is 0.0887 e. The van der Waals surface area contributed by atoms with E-state index in [0.29, 0.717) is 0 Å². The fourth-order valence-electron chi connectivity index (χ4n) is 1.55. The van der Waals surface area contributed by atoms with E-state index < -0.39 is 0 Å². The van der Waals surface area contributed by atoms with E-state index in [-0.39, 0.29) is 0 Å². The lowest BCUT2D eigenvalue weighted by Crippen LogP contribution is -2.08. The summed E-state index contributed by atoms with van der Waals surface area (Å²) in [6.07, 6.45) is 3.41. The van der Waals surface area contributed by atoms with Gasteiger partial charge in [-0.15, -0.1) is 0 Å². The number of anilines is 1.